The average Bonchev–Trinajstić information content (AvgIpc) is 2.71. The fraction of sp³-hybridized carbons (Fsp3) is 0.143. The monoisotopic (exact) mass is 393 g/mol. The van der Waals surface area contributed by atoms with Crippen LogP contribution in [-0.2, 0) is 27.8 Å². The van der Waals surface area contributed by atoms with Crippen LogP contribution in [0.4, 0.5) is 11.4 Å². The second-order valence-corrected chi connectivity index (χ2v) is 8.29. The van der Waals surface area contributed by atoms with Crippen LogP contribution in [0.25, 0.3) is 0 Å². The SMILES string of the molecule is O=C1CCc2cc(NS(=O)(=O)c3cccnc3)ccc2N1Cc1ccccc1. The van der Waals surface area contributed by atoms with Crippen LogP contribution in [0.2, 0.25) is 0 Å². The molecule has 0 saturated heterocycles. The molecule has 0 saturated carbocycles. The minimum Gasteiger partial charge on any atom is -0.308 e. The number of hydrogen-bond donors (Lipinski definition) is 1. The number of carbonyl (C=O) groups excluding carboxylic acids is 1. The number of benzene rings is 2. The van der Waals surface area contributed by atoms with Gasteiger partial charge in [-0.3, -0.25) is 14.5 Å². The summed E-state index contributed by atoms with van der Waals surface area (Å²) in [5.74, 6) is 0.0695. The smallest absolute Gasteiger partial charge is 0.263 e. The summed E-state index contributed by atoms with van der Waals surface area (Å²) in [5, 5.41) is 0. The Kier molecular flexibility index (Phi) is 4.83. The predicted octanol–water partition coefficient (Wildman–Crippen LogP) is 3.36. The van der Waals surface area contributed by atoms with Gasteiger partial charge >= 0.3 is 0 Å². The Balaban J connectivity index is 1.61. The van der Waals surface area contributed by atoms with Crippen LogP contribution in [-0.4, -0.2) is 19.3 Å². The van der Waals surface area contributed by atoms with Gasteiger partial charge in [-0.25, -0.2) is 8.42 Å². The minimum absolute atomic E-state index is 0.0695. The summed E-state index contributed by atoms with van der Waals surface area (Å²) < 4.78 is 27.6. The highest BCUT2D eigenvalue weighted by molar-refractivity contribution is 7.92. The first-order chi connectivity index (χ1) is 13.5. The maximum atomic E-state index is 12.5. The number of amides is 1. The first kappa shape index (κ1) is 18.2. The van der Waals surface area contributed by atoms with Gasteiger partial charge in [0.15, 0.2) is 0 Å². The van der Waals surface area contributed by atoms with Crippen molar-refractivity contribution in [3.05, 3.63) is 84.2 Å². The normalized spacial score (nSPS) is 13.9. The lowest BCUT2D eigenvalue weighted by Crippen LogP contribution is -2.34. The third-order valence-corrected chi connectivity index (χ3v) is 6.03. The molecule has 1 amide bonds. The van der Waals surface area contributed by atoms with Gasteiger partial charge in [-0.1, -0.05) is 30.3 Å². The zero-order valence-electron chi connectivity index (χ0n) is 15.1. The molecule has 28 heavy (non-hydrogen) atoms. The number of aryl methyl sites for hydroxylation is 1. The number of hydrogen-bond acceptors (Lipinski definition) is 4. The highest BCUT2D eigenvalue weighted by Gasteiger charge is 2.25. The molecule has 0 aliphatic carbocycles. The van der Waals surface area contributed by atoms with Crippen LogP contribution in [0.5, 0.6) is 0 Å². The van der Waals surface area contributed by atoms with E-state index in [1.165, 1.54) is 18.5 Å². The largest absolute Gasteiger partial charge is 0.308 e. The molecule has 2 aromatic carbocycles. The van der Waals surface area contributed by atoms with Crippen molar-refractivity contribution in [3.8, 4) is 0 Å². The highest BCUT2D eigenvalue weighted by atomic mass is 32.2. The number of nitrogens with zero attached hydrogens (tertiary/aromatic N) is 2. The molecule has 0 fully saturated rings. The topological polar surface area (TPSA) is 79.4 Å². The molecule has 6 nitrogen and oxygen atoms in total. The molecule has 4 rings (SSSR count). The lowest BCUT2D eigenvalue weighted by atomic mass is 10.00. The number of sulfonamides is 1. The molecule has 0 unspecified atom stereocenters. The summed E-state index contributed by atoms with van der Waals surface area (Å²) in [6, 6.07) is 18.2. The van der Waals surface area contributed by atoms with E-state index in [2.05, 4.69) is 9.71 Å². The molecule has 1 aromatic heterocycles. The molecule has 1 aliphatic heterocycles. The number of carbonyl (C=O) groups is 1. The highest BCUT2D eigenvalue weighted by Crippen LogP contribution is 2.32. The lowest BCUT2D eigenvalue weighted by Gasteiger charge is -2.30. The van der Waals surface area contributed by atoms with Crippen LogP contribution in [0.15, 0.2) is 78.0 Å². The van der Waals surface area contributed by atoms with Crippen molar-refractivity contribution < 1.29 is 13.2 Å². The third-order valence-electron chi connectivity index (χ3n) is 4.66. The van der Waals surface area contributed by atoms with E-state index < -0.39 is 10.0 Å². The van der Waals surface area contributed by atoms with Crippen molar-refractivity contribution >= 4 is 27.3 Å². The zero-order chi connectivity index (χ0) is 19.6. The van der Waals surface area contributed by atoms with Crippen LogP contribution in [0.3, 0.4) is 0 Å². The summed E-state index contributed by atoms with van der Waals surface area (Å²) in [7, 11) is -3.71. The van der Waals surface area contributed by atoms with Gasteiger partial charge in [-0.2, -0.15) is 0 Å². The van der Waals surface area contributed by atoms with Crippen molar-refractivity contribution in [2.24, 2.45) is 0 Å². The van der Waals surface area contributed by atoms with Crippen molar-refractivity contribution in [1.29, 1.82) is 0 Å². The fourth-order valence-corrected chi connectivity index (χ4v) is 4.30. The molecule has 7 heteroatoms. The van der Waals surface area contributed by atoms with Gasteiger partial charge in [-0.05, 0) is 47.9 Å². The molecule has 0 radical (unpaired) electrons. The van der Waals surface area contributed by atoms with E-state index in [4.69, 9.17) is 0 Å². The predicted molar refractivity (Wildman–Crippen MR) is 107 cm³/mol. The number of nitrogens with one attached hydrogen (secondary N) is 1. The number of fused-ring (bicyclic) bond motifs is 1. The fourth-order valence-electron chi connectivity index (χ4n) is 3.28. The number of pyridine rings is 1. The van der Waals surface area contributed by atoms with Gasteiger partial charge < -0.3 is 4.90 Å². The van der Waals surface area contributed by atoms with Gasteiger partial charge in [0.2, 0.25) is 5.91 Å². The quantitative estimate of drug-likeness (QED) is 0.721. The Hall–Kier alpha value is -3.19. The molecular formula is C21H19N3O3S. The van der Waals surface area contributed by atoms with Gasteiger partial charge in [0.25, 0.3) is 10.0 Å². The third kappa shape index (κ3) is 3.75. The van der Waals surface area contributed by atoms with Crippen molar-refractivity contribution in [3.63, 3.8) is 0 Å². The maximum absolute atomic E-state index is 12.5. The maximum Gasteiger partial charge on any atom is 0.263 e. The summed E-state index contributed by atoms with van der Waals surface area (Å²) in [5.41, 5.74) is 3.29. The van der Waals surface area contributed by atoms with Crippen molar-refractivity contribution in [1.82, 2.24) is 4.98 Å². The number of rotatable bonds is 5. The molecular weight excluding hydrogens is 374 g/mol. The van der Waals surface area contributed by atoms with E-state index in [-0.39, 0.29) is 10.8 Å². The summed E-state index contributed by atoms with van der Waals surface area (Å²) in [6.45, 7) is 0.493. The molecule has 3 aromatic rings. The van der Waals surface area contributed by atoms with Crippen LogP contribution in [0, 0.1) is 0 Å². The van der Waals surface area contributed by atoms with Gasteiger partial charge in [0.05, 0.1) is 6.54 Å². The van der Waals surface area contributed by atoms with E-state index in [1.807, 2.05) is 30.3 Å². The minimum atomic E-state index is -3.71. The lowest BCUT2D eigenvalue weighted by molar-refractivity contribution is -0.119. The first-order valence-electron chi connectivity index (χ1n) is 8.93. The Morgan fingerprint density at radius 3 is 2.57 bits per heavy atom. The second kappa shape index (κ2) is 7.44. The van der Waals surface area contributed by atoms with E-state index >= 15 is 0 Å². The number of aromatic nitrogens is 1. The Labute approximate surface area is 163 Å². The van der Waals surface area contributed by atoms with E-state index in [1.54, 1.807) is 29.2 Å². The molecule has 142 valence electrons. The molecule has 0 atom stereocenters. The van der Waals surface area contributed by atoms with Gasteiger partial charge in [0.1, 0.15) is 4.90 Å². The molecule has 1 aliphatic rings. The second-order valence-electron chi connectivity index (χ2n) is 6.60. The van der Waals surface area contributed by atoms with Crippen LogP contribution in [0.1, 0.15) is 17.5 Å². The molecule has 2 heterocycles. The molecule has 0 bridgehead atoms. The van der Waals surface area contributed by atoms with Crippen molar-refractivity contribution in [2.75, 3.05) is 9.62 Å². The van der Waals surface area contributed by atoms with E-state index in [9.17, 15) is 13.2 Å². The Morgan fingerprint density at radius 2 is 1.82 bits per heavy atom. The Bertz CT molecular complexity index is 1100. The number of anilines is 2. The summed E-state index contributed by atoms with van der Waals surface area (Å²) in [6.07, 6.45) is 3.82. The Morgan fingerprint density at radius 1 is 1.00 bits per heavy atom. The summed E-state index contributed by atoms with van der Waals surface area (Å²) >= 11 is 0. The molecule has 0 spiro atoms. The van der Waals surface area contributed by atoms with Crippen molar-refractivity contribution in [2.45, 2.75) is 24.3 Å². The molecule has 1 N–H and O–H groups in total. The van der Waals surface area contributed by atoms with E-state index in [0.717, 1.165) is 16.8 Å². The standard InChI is InChI=1S/C21H19N3O3S/c25-21-11-8-17-13-18(23-28(26,27)19-7-4-12-22-14-19)9-10-20(17)24(21)15-16-5-2-1-3-6-16/h1-7,9-10,12-14,23H,8,11,15H2. The zero-order valence-corrected chi connectivity index (χ0v) is 15.9. The summed E-state index contributed by atoms with van der Waals surface area (Å²) in [4.78, 5) is 18.2. The van der Waals surface area contributed by atoms with Gasteiger partial charge in [-0.15, -0.1) is 0 Å². The van der Waals surface area contributed by atoms with Gasteiger partial charge in [0, 0.05) is 30.2 Å². The average molecular weight is 393 g/mol. The van der Waals surface area contributed by atoms with E-state index in [0.29, 0.717) is 25.1 Å². The van der Waals surface area contributed by atoms with Crippen LogP contribution >= 0.6 is 0 Å². The first-order valence-corrected chi connectivity index (χ1v) is 10.4. The van der Waals surface area contributed by atoms with Crippen LogP contribution < -0.4 is 9.62 Å².